The number of aliphatic hydroxyl groups excluding tert-OH is 1. The summed E-state index contributed by atoms with van der Waals surface area (Å²) >= 11 is 0. The van der Waals surface area contributed by atoms with E-state index in [9.17, 15) is 43.2 Å². The van der Waals surface area contributed by atoms with E-state index in [1.165, 1.54) is 173 Å². The second-order valence-electron chi connectivity index (χ2n) is 27.8. The molecule has 17 nitrogen and oxygen atoms in total. The minimum Gasteiger partial charge on any atom is -0.462 e. The highest BCUT2D eigenvalue weighted by atomic mass is 31.2. The maximum atomic E-state index is 13.0. The molecule has 0 radical (unpaired) electrons. The number of unbranched alkanes of at least 4 members (excludes halogenated alkanes) is 39. The van der Waals surface area contributed by atoms with Crippen LogP contribution in [0.1, 0.15) is 370 Å². The van der Waals surface area contributed by atoms with Crippen LogP contribution in [0.3, 0.4) is 0 Å². The zero-order valence-corrected chi connectivity index (χ0v) is 61.8. The predicted molar refractivity (Wildman–Crippen MR) is 372 cm³/mol. The van der Waals surface area contributed by atoms with Gasteiger partial charge in [-0.15, -0.1) is 0 Å². The van der Waals surface area contributed by atoms with Crippen LogP contribution in [-0.2, 0) is 65.4 Å². The van der Waals surface area contributed by atoms with Gasteiger partial charge in [0, 0.05) is 25.7 Å². The predicted octanol–water partition coefficient (Wildman–Crippen LogP) is 21.0. The molecule has 0 heterocycles. The number of carbonyl (C=O) groups excluding carboxylic acids is 4. The van der Waals surface area contributed by atoms with Gasteiger partial charge in [-0.1, -0.05) is 318 Å². The summed E-state index contributed by atoms with van der Waals surface area (Å²) in [6.07, 6.45) is 48.9. The summed E-state index contributed by atoms with van der Waals surface area (Å²) in [5, 5.41) is 10.6. The van der Waals surface area contributed by atoms with Crippen molar-refractivity contribution in [1.82, 2.24) is 0 Å². The summed E-state index contributed by atoms with van der Waals surface area (Å²) in [5.41, 5.74) is 0. The number of hydrogen-bond acceptors (Lipinski definition) is 15. The topological polar surface area (TPSA) is 237 Å². The zero-order valence-electron chi connectivity index (χ0n) is 60.0. The van der Waals surface area contributed by atoms with Crippen molar-refractivity contribution in [3.05, 3.63) is 0 Å². The minimum atomic E-state index is -4.95. The number of aliphatic hydroxyl groups is 1. The lowest BCUT2D eigenvalue weighted by Crippen LogP contribution is -2.30. The van der Waals surface area contributed by atoms with Crippen molar-refractivity contribution in [3.63, 3.8) is 0 Å². The number of phosphoric ester groups is 2. The summed E-state index contributed by atoms with van der Waals surface area (Å²) in [4.78, 5) is 72.6. The number of carbonyl (C=O) groups is 4. The van der Waals surface area contributed by atoms with Crippen LogP contribution in [-0.4, -0.2) is 96.7 Å². The molecule has 0 aliphatic rings. The highest BCUT2D eigenvalue weighted by Crippen LogP contribution is 2.45. The van der Waals surface area contributed by atoms with Gasteiger partial charge in [-0.05, 0) is 43.4 Å². The Kier molecular flexibility index (Phi) is 62.4. The third-order valence-electron chi connectivity index (χ3n) is 16.9. The van der Waals surface area contributed by atoms with Gasteiger partial charge in [-0.25, -0.2) is 9.13 Å². The highest BCUT2D eigenvalue weighted by Gasteiger charge is 2.30. The molecule has 0 rings (SSSR count). The van der Waals surface area contributed by atoms with Gasteiger partial charge in [-0.2, -0.15) is 0 Å². The van der Waals surface area contributed by atoms with E-state index in [4.69, 9.17) is 37.0 Å². The van der Waals surface area contributed by atoms with Crippen molar-refractivity contribution in [1.29, 1.82) is 0 Å². The molecule has 0 aromatic carbocycles. The highest BCUT2D eigenvalue weighted by molar-refractivity contribution is 7.47. The van der Waals surface area contributed by atoms with Crippen molar-refractivity contribution in [3.8, 4) is 0 Å². The Labute approximate surface area is 562 Å². The van der Waals surface area contributed by atoms with Crippen LogP contribution < -0.4 is 0 Å². The molecule has 0 aromatic rings. The van der Waals surface area contributed by atoms with E-state index in [1.807, 2.05) is 0 Å². The number of phosphoric acid groups is 2. The average molecular weight is 1350 g/mol. The summed E-state index contributed by atoms with van der Waals surface area (Å²) in [5.74, 6) is 0.0953. The Morgan fingerprint density at radius 1 is 0.293 bits per heavy atom. The molecule has 2 unspecified atom stereocenters. The van der Waals surface area contributed by atoms with Crippen LogP contribution in [0.25, 0.3) is 0 Å². The fourth-order valence-electron chi connectivity index (χ4n) is 11.1. The summed E-state index contributed by atoms with van der Waals surface area (Å²) in [7, 11) is -9.90. The van der Waals surface area contributed by atoms with E-state index < -0.39 is 97.5 Å². The Morgan fingerprint density at radius 2 is 0.500 bits per heavy atom. The first-order valence-corrected chi connectivity index (χ1v) is 40.8. The maximum absolute atomic E-state index is 13.0. The van der Waals surface area contributed by atoms with E-state index in [0.29, 0.717) is 37.5 Å². The number of hydrogen-bond donors (Lipinski definition) is 3. The first-order chi connectivity index (χ1) is 44.2. The molecule has 0 saturated carbocycles. The average Bonchev–Trinajstić information content (AvgIpc) is 3.14. The number of esters is 4. The van der Waals surface area contributed by atoms with E-state index in [1.54, 1.807) is 0 Å². The molecule has 0 aliphatic heterocycles. The van der Waals surface area contributed by atoms with E-state index in [0.717, 1.165) is 102 Å². The van der Waals surface area contributed by atoms with E-state index in [-0.39, 0.29) is 25.7 Å². The molecule has 0 spiro atoms. The van der Waals surface area contributed by atoms with Crippen LogP contribution in [0.4, 0.5) is 0 Å². The summed E-state index contributed by atoms with van der Waals surface area (Å²) in [6, 6.07) is 0. The Balaban J connectivity index is 5.17. The molecule has 92 heavy (non-hydrogen) atoms. The van der Waals surface area contributed by atoms with Crippen molar-refractivity contribution in [2.24, 2.45) is 17.8 Å². The molecule has 0 saturated heterocycles. The SMILES string of the molecule is CCCCCCCCCCCCCC(=O)OC[C@H](COP(=O)(O)OC[C@@H](O)COP(=O)(O)OC[C@@H](COC(=O)CCCCCCCCCC(C)C)OC(=O)CCCCCCCCCC(C)C)OC(=O)CCCCCCCCCCCCCCCCCCCCC(C)C. The van der Waals surface area contributed by atoms with Crippen molar-refractivity contribution >= 4 is 39.5 Å². The third kappa shape index (κ3) is 66.7. The van der Waals surface area contributed by atoms with Crippen LogP contribution >= 0.6 is 15.6 Å². The molecular formula is C73H142O17P2. The lowest BCUT2D eigenvalue weighted by atomic mass is 10.0. The summed E-state index contributed by atoms with van der Waals surface area (Å²) in [6.45, 7) is 11.8. The molecule has 0 fully saturated rings. The Bertz CT molecular complexity index is 1800. The minimum absolute atomic E-state index is 0.103. The molecule has 0 amide bonds. The number of ether oxygens (including phenoxy) is 4. The van der Waals surface area contributed by atoms with Gasteiger partial charge in [0.25, 0.3) is 0 Å². The van der Waals surface area contributed by atoms with Crippen LogP contribution in [0.5, 0.6) is 0 Å². The van der Waals surface area contributed by atoms with Gasteiger partial charge in [0.05, 0.1) is 26.4 Å². The first kappa shape index (κ1) is 90.1. The van der Waals surface area contributed by atoms with Crippen LogP contribution in [0.2, 0.25) is 0 Å². The second-order valence-corrected chi connectivity index (χ2v) is 30.7. The fourth-order valence-corrected chi connectivity index (χ4v) is 12.7. The largest absolute Gasteiger partial charge is 0.472 e. The molecule has 3 N–H and O–H groups in total. The third-order valence-corrected chi connectivity index (χ3v) is 18.8. The van der Waals surface area contributed by atoms with Crippen LogP contribution in [0.15, 0.2) is 0 Å². The van der Waals surface area contributed by atoms with Gasteiger partial charge in [0.2, 0.25) is 0 Å². The normalized spacial score (nSPS) is 14.1. The van der Waals surface area contributed by atoms with E-state index in [2.05, 4.69) is 48.5 Å². The molecule has 0 aromatic heterocycles. The van der Waals surface area contributed by atoms with E-state index >= 15 is 0 Å². The lowest BCUT2D eigenvalue weighted by Gasteiger charge is -2.21. The second kappa shape index (κ2) is 63.8. The Hall–Kier alpha value is -1.94. The van der Waals surface area contributed by atoms with Crippen molar-refractivity contribution < 1.29 is 80.2 Å². The van der Waals surface area contributed by atoms with Gasteiger partial charge >= 0.3 is 39.5 Å². The molecule has 19 heteroatoms. The molecule has 0 bridgehead atoms. The first-order valence-electron chi connectivity index (χ1n) is 37.8. The maximum Gasteiger partial charge on any atom is 0.472 e. The van der Waals surface area contributed by atoms with Crippen molar-refractivity contribution in [2.75, 3.05) is 39.6 Å². The lowest BCUT2D eigenvalue weighted by molar-refractivity contribution is -0.161. The van der Waals surface area contributed by atoms with Gasteiger partial charge in [0.15, 0.2) is 12.2 Å². The molecule has 0 aliphatic carbocycles. The van der Waals surface area contributed by atoms with Crippen LogP contribution in [0, 0.1) is 17.8 Å². The number of rotatable bonds is 71. The van der Waals surface area contributed by atoms with Gasteiger partial charge in [0.1, 0.15) is 19.3 Å². The van der Waals surface area contributed by atoms with Gasteiger partial charge < -0.3 is 33.8 Å². The van der Waals surface area contributed by atoms with Gasteiger partial charge in [-0.3, -0.25) is 37.3 Å². The molecule has 546 valence electrons. The molecular weight excluding hydrogens is 1210 g/mol. The Morgan fingerprint density at radius 3 is 0.739 bits per heavy atom. The monoisotopic (exact) mass is 1350 g/mol. The fraction of sp³-hybridized carbons (Fsp3) is 0.945. The quantitative estimate of drug-likeness (QED) is 0.0222. The zero-order chi connectivity index (χ0) is 68.0. The molecule has 5 atom stereocenters. The smallest absolute Gasteiger partial charge is 0.462 e. The summed E-state index contributed by atoms with van der Waals surface area (Å²) < 4.78 is 68.3. The van der Waals surface area contributed by atoms with Crippen molar-refractivity contribution in [2.45, 2.75) is 388 Å². The standard InChI is InChI=1S/C73H142O17P2/c1-8-9-10-11-12-13-22-26-33-40-47-54-70(75)83-60-68(89-72(77)56-49-42-34-27-24-21-19-17-15-14-16-18-20-23-25-30-37-44-51-64(2)3)62-87-91(79,80)85-58-67(74)59-86-92(81,82)88-63-69(90-73(78)57-50-43-36-29-32-39-46-53-66(6)7)61-84-71(76)55-48-41-35-28-31-38-45-52-65(4)5/h64-69,74H,8-63H2,1-7H3,(H,79,80)(H,81,82)/t67-,68-,69-/m1/s1.